The van der Waals surface area contributed by atoms with E-state index >= 15 is 0 Å². The number of rotatable bonds is 5. The van der Waals surface area contributed by atoms with Crippen molar-refractivity contribution >= 4 is 11.6 Å². The predicted octanol–water partition coefficient (Wildman–Crippen LogP) is 3.88. The van der Waals surface area contributed by atoms with Crippen LogP contribution in [0.25, 0.3) is 11.5 Å². The van der Waals surface area contributed by atoms with Crippen molar-refractivity contribution in [1.82, 2.24) is 24.9 Å². The topological polar surface area (TPSA) is 123 Å². The van der Waals surface area contributed by atoms with E-state index in [0.29, 0.717) is 6.07 Å². The van der Waals surface area contributed by atoms with E-state index in [1.54, 1.807) is 0 Å². The molecule has 0 aliphatic rings. The Morgan fingerprint density at radius 2 is 1.64 bits per heavy atom. The molecule has 8 nitrogen and oxygen atoms in total. The lowest BCUT2D eigenvalue weighted by Gasteiger charge is -2.24. The summed E-state index contributed by atoms with van der Waals surface area (Å²) >= 11 is 0. The molecule has 3 heterocycles. The lowest BCUT2D eigenvalue weighted by atomic mass is 9.99. The van der Waals surface area contributed by atoms with Gasteiger partial charge >= 0.3 is 12.4 Å². The van der Waals surface area contributed by atoms with Crippen LogP contribution in [0.2, 0.25) is 0 Å². The van der Waals surface area contributed by atoms with E-state index in [9.17, 15) is 31.4 Å². The van der Waals surface area contributed by atoms with Gasteiger partial charge < -0.3 is 16.2 Å². The molecule has 0 aromatic carbocycles. The molecule has 14 heteroatoms. The highest BCUT2D eigenvalue weighted by molar-refractivity contribution is 5.57. The van der Waals surface area contributed by atoms with E-state index in [4.69, 9.17) is 5.73 Å². The molecule has 4 N–H and O–H groups in total. The lowest BCUT2D eigenvalue weighted by molar-refractivity contribution is -0.141. The maximum Gasteiger partial charge on any atom is 0.433 e. The van der Waals surface area contributed by atoms with Crippen LogP contribution in [0, 0.1) is 0 Å². The first-order chi connectivity index (χ1) is 15.1. The summed E-state index contributed by atoms with van der Waals surface area (Å²) in [6, 6.07) is 3.74. The molecule has 33 heavy (non-hydrogen) atoms. The smallest absolute Gasteiger partial charge is 0.388 e. The molecule has 3 rings (SSSR count). The molecule has 0 spiro atoms. The monoisotopic (exact) mass is 475 g/mol. The van der Waals surface area contributed by atoms with Crippen molar-refractivity contribution in [3.8, 4) is 11.5 Å². The first-order valence-electron chi connectivity index (χ1n) is 9.23. The average Bonchev–Trinajstić information content (AvgIpc) is 2.71. The number of aromatic nitrogens is 5. The Bertz CT molecular complexity index is 1140. The van der Waals surface area contributed by atoms with E-state index < -0.39 is 35.4 Å². The van der Waals surface area contributed by atoms with Crippen LogP contribution in [0.3, 0.4) is 0 Å². The minimum absolute atomic E-state index is 0.103. The highest BCUT2D eigenvalue weighted by Crippen LogP contribution is 2.31. The fourth-order valence-electron chi connectivity index (χ4n) is 2.53. The Labute approximate surface area is 183 Å². The van der Waals surface area contributed by atoms with Crippen molar-refractivity contribution in [2.24, 2.45) is 5.73 Å². The van der Waals surface area contributed by atoms with Crippen molar-refractivity contribution in [2.45, 2.75) is 37.8 Å². The highest BCUT2D eigenvalue weighted by atomic mass is 19.4. The van der Waals surface area contributed by atoms with Gasteiger partial charge in [-0.15, -0.1) is 0 Å². The van der Waals surface area contributed by atoms with E-state index in [1.165, 1.54) is 26.0 Å². The van der Waals surface area contributed by atoms with Crippen LogP contribution < -0.4 is 11.1 Å². The third kappa shape index (κ3) is 5.90. The van der Waals surface area contributed by atoms with Crippen molar-refractivity contribution in [2.75, 3.05) is 5.32 Å². The summed E-state index contributed by atoms with van der Waals surface area (Å²) in [6.45, 7) is 2.71. The molecule has 0 radical (unpaired) electrons. The number of hydrogen-bond donors (Lipinski definition) is 3. The summed E-state index contributed by atoms with van der Waals surface area (Å²) in [5, 5.41) is 12.7. The molecule has 0 aliphatic heterocycles. The summed E-state index contributed by atoms with van der Waals surface area (Å²) in [4.78, 5) is 18.8. The summed E-state index contributed by atoms with van der Waals surface area (Å²) in [5.41, 5.74) is 1.65. The van der Waals surface area contributed by atoms with Gasteiger partial charge in [-0.2, -0.15) is 36.3 Å². The summed E-state index contributed by atoms with van der Waals surface area (Å²) in [6.07, 6.45) is -8.54. The quantitative estimate of drug-likeness (QED) is 0.475. The maximum atomic E-state index is 13.1. The number of nitrogens with zero attached hydrogens (tertiary/aromatic N) is 5. The minimum Gasteiger partial charge on any atom is -0.388 e. The SMILES string of the molecule is CC(C)(O)C(N)c1nc(Nc2ccnc(C(F)(F)F)c2)n[14c](-c2cccc(C(F)(F)F)n2)n1. The third-order valence-electron chi connectivity index (χ3n) is 4.27. The second-order valence-corrected chi connectivity index (χ2v) is 7.43. The van der Waals surface area contributed by atoms with Crippen molar-refractivity contribution < 1.29 is 31.4 Å². The van der Waals surface area contributed by atoms with Gasteiger partial charge in [-0.05, 0) is 38.1 Å². The normalized spacial score (nSPS) is 13.6. The van der Waals surface area contributed by atoms with Gasteiger partial charge in [-0.3, -0.25) is 4.98 Å². The zero-order valence-electron chi connectivity index (χ0n) is 17.1. The number of nitrogens with one attached hydrogen (secondary N) is 1. The van der Waals surface area contributed by atoms with E-state index in [2.05, 4.69) is 30.2 Å². The van der Waals surface area contributed by atoms with Gasteiger partial charge in [0.1, 0.15) is 17.1 Å². The van der Waals surface area contributed by atoms with Crippen LogP contribution in [0.15, 0.2) is 36.5 Å². The molecular weight excluding hydrogens is 458 g/mol. The van der Waals surface area contributed by atoms with Crippen LogP contribution in [0.4, 0.5) is 38.0 Å². The van der Waals surface area contributed by atoms with Crippen LogP contribution >= 0.6 is 0 Å². The van der Waals surface area contributed by atoms with E-state index in [0.717, 1.165) is 18.3 Å². The van der Waals surface area contributed by atoms with Crippen molar-refractivity contribution in [3.05, 3.63) is 53.7 Å². The van der Waals surface area contributed by atoms with E-state index in [1.807, 2.05) is 0 Å². The van der Waals surface area contributed by atoms with Crippen LogP contribution in [0.5, 0.6) is 0 Å². The molecule has 0 amide bonds. The molecule has 1 atom stereocenters. The molecule has 0 fully saturated rings. The molecule has 3 aromatic rings. The molecule has 0 saturated heterocycles. The fourth-order valence-corrected chi connectivity index (χ4v) is 2.53. The molecule has 176 valence electrons. The van der Waals surface area contributed by atoms with Gasteiger partial charge in [0.2, 0.25) is 5.95 Å². The van der Waals surface area contributed by atoms with Gasteiger partial charge in [0.05, 0.1) is 11.6 Å². The molecule has 0 bridgehead atoms. The predicted molar refractivity (Wildman–Crippen MR) is 104 cm³/mol. The lowest BCUT2D eigenvalue weighted by Crippen LogP contribution is -2.36. The Morgan fingerprint density at radius 1 is 0.970 bits per heavy atom. The summed E-state index contributed by atoms with van der Waals surface area (Å²) in [5.74, 6) is -0.883. The van der Waals surface area contributed by atoms with Crippen molar-refractivity contribution in [3.63, 3.8) is 0 Å². The largest absolute Gasteiger partial charge is 0.433 e. The van der Waals surface area contributed by atoms with Crippen LogP contribution in [0.1, 0.15) is 37.1 Å². The standard InChI is InChI=1S/C19H17F6N7O/c1-17(2,33)13(26)15-30-14(10-4-3-5-11(29-10)18(20,21)22)31-16(32-15)28-9-6-7-27-12(8-9)19(23,24)25/h3-8,13,33H,26H2,1-2H3,(H,27,28,30,31,32)/i14+2. The van der Waals surface area contributed by atoms with Crippen molar-refractivity contribution in [1.29, 1.82) is 0 Å². The first kappa shape index (κ1) is 24.3. The number of pyridine rings is 2. The second kappa shape index (κ2) is 8.51. The second-order valence-electron chi connectivity index (χ2n) is 7.43. The average molecular weight is 475 g/mol. The Morgan fingerprint density at radius 3 is 2.24 bits per heavy atom. The molecule has 0 saturated carbocycles. The summed E-state index contributed by atoms with van der Waals surface area (Å²) in [7, 11) is 0. The number of halogens is 6. The first-order valence-corrected chi connectivity index (χ1v) is 9.23. The number of anilines is 2. The van der Waals surface area contributed by atoms with Gasteiger partial charge in [-0.1, -0.05) is 6.07 Å². The number of hydrogen-bond acceptors (Lipinski definition) is 8. The molecule has 0 aliphatic carbocycles. The van der Waals surface area contributed by atoms with Gasteiger partial charge in [0.15, 0.2) is 11.6 Å². The zero-order chi connectivity index (χ0) is 24.6. The summed E-state index contributed by atoms with van der Waals surface area (Å²) < 4.78 is 78.1. The zero-order valence-corrected chi connectivity index (χ0v) is 17.1. The van der Waals surface area contributed by atoms with Gasteiger partial charge in [0.25, 0.3) is 0 Å². The molecule has 1 unspecified atom stereocenters. The number of nitrogens with two attached hydrogens (primary N) is 1. The Kier molecular flexibility index (Phi) is 6.26. The van der Waals surface area contributed by atoms with E-state index in [-0.39, 0.29) is 29.0 Å². The highest BCUT2D eigenvalue weighted by Gasteiger charge is 2.34. The Hall–Kier alpha value is -3.39. The number of aliphatic hydroxyl groups is 1. The third-order valence-corrected chi connectivity index (χ3v) is 4.27. The molecule has 3 aromatic heterocycles. The fraction of sp³-hybridized carbons (Fsp3) is 0.316. The Balaban J connectivity index is 2.10. The van der Waals surface area contributed by atoms with Crippen LogP contribution in [-0.4, -0.2) is 35.6 Å². The van der Waals surface area contributed by atoms with Crippen LogP contribution in [-0.2, 0) is 12.4 Å². The molecular formula is C19H17F6N7O. The minimum atomic E-state index is -4.73. The maximum absolute atomic E-state index is 13.1. The van der Waals surface area contributed by atoms with Gasteiger partial charge in [0, 0.05) is 11.9 Å². The number of alkyl halides is 6. The van der Waals surface area contributed by atoms with Gasteiger partial charge in [-0.25, -0.2) is 9.97 Å².